The summed E-state index contributed by atoms with van der Waals surface area (Å²) >= 11 is 5.51. The fourth-order valence-electron chi connectivity index (χ4n) is 0.934. The van der Waals surface area contributed by atoms with Gasteiger partial charge in [0, 0.05) is 5.56 Å². The van der Waals surface area contributed by atoms with Crippen LogP contribution in [-0.4, -0.2) is 9.91 Å². The smallest absolute Gasteiger partial charge is 0.358 e. The number of aryl methyl sites for hydroxylation is 1. The van der Waals surface area contributed by atoms with Gasteiger partial charge in [-0.3, -0.25) is 0 Å². The molecular formula is C7H5ClF2N2O2. The summed E-state index contributed by atoms with van der Waals surface area (Å²) in [6, 6.07) is 0. The van der Waals surface area contributed by atoms with E-state index in [1.807, 2.05) is 0 Å². The molecule has 7 heteroatoms. The average molecular weight is 223 g/mol. The van der Waals surface area contributed by atoms with Crippen molar-refractivity contribution in [2.75, 3.05) is 0 Å². The number of aromatic nitrogens is 1. The number of hydrogen-bond donors (Lipinski definition) is 0. The Morgan fingerprint density at radius 1 is 1.64 bits per heavy atom. The molecule has 0 unspecified atom stereocenters. The summed E-state index contributed by atoms with van der Waals surface area (Å²) in [5.74, 6) is -0.893. The highest BCUT2D eigenvalue weighted by Gasteiger charge is 2.27. The highest BCUT2D eigenvalue weighted by Crippen LogP contribution is 2.34. The molecule has 0 aliphatic carbocycles. The summed E-state index contributed by atoms with van der Waals surface area (Å²) in [6.07, 6.45) is -1.91. The summed E-state index contributed by atoms with van der Waals surface area (Å²) in [5.41, 5.74) is -0.538. The van der Waals surface area contributed by atoms with Crippen LogP contribution in [0.5, 0.6) is 0 Å². The molecule has 0 radical (unpaired) electrons. The van der Waals surface area contributed by atoms with Gasteiger partial charge in [0.05, 0.1) is 5.02 Å². The van der Waals surface area contributed by atoms with Crippen molar-refractivity contribution >= 4 is 17.4 Å². The fraction of sp³-hybridized carbons (Fsp3) is 0.286. The van der Waals surface area contributed by atoms with E-state index in [-0.39, 0.29) is 10.6 Å². The van der Waals surface area contributed by atoms with E-state index < -0.39 is 22.7 Å². The predicted octanol–water partition coefficient (Wildman–Crippen LogP) is 2.89. The van der Waals surface area contributed by atoms with Crippen LogP contribution in [0, 0.1) is 17.0 Å². The van der Waals surface area contributed by atoms with Gasteiger partial charge in [0.2, 0.25) is 0 Å². The Balaban J connectivity index is 3.45. The van der Waals surface area contributed by atoms with Crippen molar-refractivity contribution in [3.63, 3.8) is 0 Å². The monoisotopic (exact) mass is 222 g/mol. The Bertz CT molecular complexity index is 384. The van der Waals surface area contributed by atoms with Crippen molar-refractivity contribution in [2.24, 2.45) is 0 Å². The summed E-state index contributed by atoms with van der Waals surface area (Å²) in [6.45, 7) is 1.45. The van der Waals surface area contributed by atoms with Crippen molar-refractivity contribution < 1.29 is 13.7 Å². The lowest BCUT2D eigenvalue weighted by molar-refractivity contribution is -0.391. The van der Waals surface area contributed by atoms with Gasteiger partial charge in [-0.25, -0.2) is 8.78 Å². The van der Waals surface area contributed by atoms with E-state index in [4.69, 9.17) is 11.6 Å². The van der Waals surface area contributed by atoms with Crippen LogP contribution in [0.4, 0.5) is 14.6 Å². The van der Waals surface area contributed by atoms with Crippen molar-refractivity contribution in [3.8, 4) is 0 Å². The van der Waals surface area contributed by atoms with Crippen LogP contribution >= 0.6 is 11.6 Å². The van der Waals surface area contributed by atoms with E-state index in [0.717, 1.165) is 6.20 Å². The summed E-state index contributed by atoms with van der Waals surface area (Å²) in [4.78, 5) is 12.7. The Hall–Kier alpha value is -1.30. The standard InChI is InChI=1S/C7H5ClF2N2O2/c1-3-2-11-7(12(13)14)4(5(3)8)6(9)10/h2,6H,1H3. The molecule has 0 aromatic carbocycles. The first-order chi connectivity index (χ1) is 6.45. The minimum atomic E-state index is -3.00. The lowest BCUT2D eigenvalue weighted by atomic mass is 10.2. The van der Waals surface area contributed by atoms with Crippen LogP contribution in [-0.2, 0) is 0 Å². The Morgan fingerprint density at radius 3 is 2.64 bits per heavy atom. The van der Waals surface area contributed by atoms with Crippen LogP contribution in [0.25, 0.3) is 0 Å². The SMILES string of the molecule is Cc1cnc([N+](=O)[O-])c(C(F)F)c1Cl. The molecule has 0 saturated heterocycles. The molecule has 0 aliphatic heterocycles. The lowest BCUT2D eigenvalue weighted by Crippen LogP contribution is -2.01. The molecule has 4 nitrogen and oxygen atoms in total. The first-order valence-corrected chi connectivity index (χ1v) is 3.90. The molecule has 0 bridgehead atoms. The van der Waals surface area contributed by atoms with Gasteiger partial charge in [0.15, 0.2) is 0 Å². The molecule has 0 amide bonds. The fourth-order valence-corrected chi connectivity index (χ4v) is 1.15. The maximum absolute atomic E-state index is 12.4. The molecule has 0 aliphatic rings. The predicted molar refractivity (Wildman–Crippen MR) is 45.6 cm³/mol. The number of halogens is 3. The number of pyridine rings is 1. The van der Waals surface area contributed by atoms with Gasteiger partial charge < -0.3 is 10.1 Å². The zero-order chi connectivity index (χ0) is 10.9. The molecule has 0 atom stereocenters. The van der Waals surface area contributed by atoms with Gasteiger partial charge in [0.1, 0.15) is 11.8 Å². The van der Waals surface area contributed by atoms with Gasteiger partial charge in [-0.05, 0) is 16.8 Å². The number of alkyl halides is 2. The highest BCUT2D eigenvalue weighted by molar-refractivity contribution is 6.32. The molecule has 1 heterocycles. The third-order valence-electron chi connectivity index (χ3n) is 1.60. The Morgan fingerprint density at radius 2 is 2.21 bits per heavy atom. The van der Waals surface area contributed by atoms with E-state index in [1.54, 1.807) is 0 Å². The van der Waals surface area contributed by atoms with E-state index in [9.17, 15) is 18.9 Å². The van der Waals surface area contributed by atoms with E-state index in [2.05, 4.69) is 4.98 Å². The molecule has 0 spiro atoms. The average Bonchev–Trinajstić information content (AvgIpc) is 2.08. The summed E-state index contributed by atoms with van der Waals surface area (Å²) < 4.78 is 24.8. The zero-order valence-electron chi connectivity index (χ0n) is 7.00. The van der Waals surface area contributed by atoms with Crippen molar-refractivity contribution in [1.82, 2.24) is 4.98 Å². The molecule has 1 aromatic rings. The first kappa shape index (κ1) is 10.8. The largest absolute Gasteiger partial charge is 0.373 e. The van der Waals surface area contributed by atoms with Crippen molar-refractivity contribution in [3.05, 3.63) is 32.5 Å². The molecule has 0 N–H and O–H groups in total. The Kier molecular flexibility index (Phi) is 2.95. The van der Waals surface area contributed by atoms with Gasteiger partial charge >= 0.3 is 5.82 Å². The summed E-state index contributed by atoms with van der Waals surface area (Å²) in [7, 11) is 0. The van der Waals surface area contributed by atoms with Crippen LogP contribution in [0.3, 0.4) is 0 Å². The third kappa shape index (κ3) is 1.79. The zero-order valence-corrected chi connectivity index (χ0v) is 7.76. The van der Waals surface area contributed by atoms with Gasteiger partial charge in [-0.2, -0.15) is 0 Å². The maximum Gasteiger partial charge on any atom is 0.373 e. The number of nitro groups is 1. The highest BCUT2D eigenvalue weighted by atomic mass is 35.5. The van der Waals surface area contributed by atoms with E-state index >= 15 is 0 Å². The maximum atomic E-state index is 12.4. The normalized spacial score (nSPS) is 10.6. The molecule has 76 valence electrons. The second kappa shape index (κ2) is 3.83. The molecule has 1 rings (SSSR count). The minimum Gasteiger partial charge on any atom is -0.358 e. The second-order valence-electron chi connectivity index (χ2n) is 2.55. The minimum absolute atomic E-state index is 0.285. The lowest BCUT2D eigenvalue weighted by Gasteiger charge is -2.04. The molecule has 0 saturated carbocycles. The molecule has 0 fully saturated rings. The second-order valence-corrected chi connectivity index (χ2v) is 2.93. The number of nitrogens with zero attached hydrogens (tertiary/aromatic N) is 2. The molecular weight excluding hydrogens is 218 g/mol. The van der Waals surface area contributed by atoms with E-state index in [0.29, 0.717) is 0 Å². The number of hydrogen-bond acceptors (Lipinski definition) is 3. The summed E-state index contributed by atoms with van der Waals surface area (Å²) in [5, 5.41) is 10.0. The Labute approximate surface area is 82.7 Å². The van der Waals surface area contributed by atoms with Crippen LogP contribution in [0.1, 0.15) is 17.6 Å². The van der Waals surface area contributed by atoms with E-state index in [1.165, 1.54) is 6.92 Å². The van der Waals surface area contributed by atoms with Gasteiger partial charge in [-0.15, -0.1) is 0 Å². The quantitative estimate of drug-likeness (QED) is 0.571. The van der Waals surface area contributed by atoms with Crippen molar-refractivity contribution in [2.45, 2.75) is 13.3 Å². The van der Waals surface area contributed by atoms with Crippen molar-refractivity contribution in [1.29, 1.82) is 0 Å². The number of rotatable bonds is 2. The van der Waals surface area contributed by atoms with Crippen LogP contribution < -0.4 is 0 Å². The molecule has 1 aromatic heterocycles. The van der Waals surface area contributed by atoms with Crippen LogP contribution in [0.15, 0.2) is 6.20 Å². The van der Waals surface area contributed by atoms with Crippen LogP contribution in [0.2, 0.25) is 5.02 Å². The van der Waals surface area contributed by atoms with Gasteiger partial charge in [-0.1, -0.05) is 11.6 Å². The van der Waals surface area contributed by atoms with Gasteiger partial charge in [0.25, 0.3) is 6.43 Å². The third-order valence-corrected chi connectivity index (χ3v) is 2.10. The first-order valence-electron chi connectivity index (χ1n) is 3.52. The topological polar surface area (TPSA) is 56.0 Å². The molecule has 14 heavy (non-hydrogen) atoms.